The predicted molar refractivity (Wildman–Crippen MR) is 55.1 cm³/mol. The van der Waals surface area contributed by atoms with E-state index in [1.165, 1.54) is 0 Å². The van der Waals surface area contributed by atoms with Gasteiger partial charge in [0.25, 0.3) is 0 Å². The molecule has 3 N–H and O–H groups in total. The Morgan fingerprint density at radius 1 is 1.62 bits per heavy atom. The van der Waals surface area contributed by atoms with E-state index in [-0.39, 0.29) is 21.1 Å². The molecule has 0 saturated heterocycles. The van der Waals surface area contributed by atoms with Gasteiger partial charge >= 0.3 is 21.1 Å². The Hall–Kier alpha value is -0.862. The summed E-state index contributed by atoms with van der Waals surface area (Å²) in [4.78, 5) is 10.7. The van der Waals surface area contributed by atoms with E-state index in [1.807, 2.05) is 0 Å². The number of hydrogen-bond acceptors (Lipinski definition) is 3. The zero-order valence-electron chi connectivity index (χ0n) is 8.84. The second-order valence-corrected chi connectivity index (χ2v) is 3.14. The van der Waals surface area contributed by atoms with Crippen LogP contribution in [0.2, 0.25) is 0 Å². The van der Waals surface area contributed by atoms with E-state index < -0.39 is 17.9 Å². The van der Waals surface area contributed by atoms with Crippen LogP contribution in [0.15, 0.2) is 18.2 Å². The molecular formula is C11H13NO3W. The van der Waals surface area contributed by atoms with Crippen LogP contribution >= 0.6 is 0 Å². The molecule has 0 saturated carbocycles. The van der Waals surface area contributed by atoms with Crippen molar-refractivity contribution in [1.82, 2.24) is 0 Å². The minimum Gasteiger partial charge on any atom is -0.554 e. The van der Waals surface area contributed by atoms with Gasteiger partial charge in [-0.25, -0.2) is 0 Å². The van der Waals surface area contributed by atoms with Crippen molar-refractivity contribution in [2.45, 2.75) is 12.0 Å². The first-order valence-corrected chi connectivity index (χ1v) is 4.42. The van der Waals surface area contributed by atoms with Gasteiger partial charge in [-0.1, -0.05) is 0 Å². The van der Waals surface area contributed by atoms with Gasteiger partial charge in [0.15, 0.2) is 0 Å². The first-order valence-electron chi connectivity index (χ1n) is 4.42. The van der Waals surface area contributed by atoms with E-state index in [0.717, 1.165) is 0 Å². The normalized spacial score (nSPS) is 13.4. The molecule has 0 aliphatic carbocycles. The van der Waals surface area contributed by atoms with Crippen molar-refractivity contribution in [1.29, 1.82) is 0 Å². The van der Waals surface area contributed by atoms with Gasteiger partial charge in [-0.15, -0.1) is 18.1 Å². The third-order valence-corrected chi connectivity index (χ3v) is 2.12. The summed E-state index contributed by atoms with van der Waals surface area (Å²) < 4.78 is 4.95. The fourth-order valence-corrected chi connectivity index (χ4v) is 1.15. The number of carbonyl (C=O) groups is 1. The number of rotatable bonds is 4. The fraction of sp³-hybridized carbons (Fsp3) is 0.273. The van der Waals surface area contributed by atoms with Crippen molar-refractivity contribution in [2.24, 2.45) is 5.73 Å². The monoisotopic (exact) mass is 391 g/mol. The van der Waals surface area contributed by atoms with E-state index in [1.54, 1.807) is 25.3 Å². The van der Waals surface area contributed by atoms with E-state index in [4.69, 9.17) is 10.5 Å². The average Bonchev–Trinajstić information content (AvgIpc) is 2.27. The maximum absolute atomic E-state index is 10.7. The predicted octanol–water partition coefficient (Wildman–Crippen LogP) is 0.257. The van der Waals surface area contributed by atoms with Gasteiger partial charge in [0, 0.05) is 5.75 Å². The van der Waals surface area contributed by atoms with Crippen molar-refractivity contribution in [3.05, 3.63) is 36.8 Å². The Morgan fingerprint density at radius 2 is 2.25 bits per heavy atom. The molecule has 86 valence electrons. The maximum atomic E-state index is 10.7. The summed E-state index contributed by atoms with van der Waals surface area (Å²) in [5.41, 5.74) is 5.58. The van der Waals surface area contributed by atoms with Gasteiger partial charge < -0.3 is 22.5 Å². The van der Waals surface area contributed by atoms with Gasteiger partial charge in [-0.2, -0.15) is 17.7 Å². The number of methoxy groups -OCH3 is 1. The van der Waals surface area contributed by atoms with Crippen molar-refractivity contribution in [3.8, 4) is 5.75 Å². The molecule has 0 radical (unpaired) electrons. The standard InChI is InChI=1S/C11H13NO3.W/c1-7(10(13)11(12)14)8-3-5-9(15-2)6-4-8;/h3,5-7,10,13H,1H2,2H3,(H2,12,14);/q-2;+2. The molecule has 0 aromatic heterocycles. The first-order chi connectivity index (χ1) is 7.06. The largest absolute Gasteiger partial charge is 2.00 e. The van der Waals surface area contributed by atoms with Crippen LogP contribution in [0.4, 0.5) is 0 Å². The number of aliphatic hydroxyl groups is 1. The van der Waals surface area contributed by atoms with Crippen LogP contribution in [0.3, 0.4) is 0 Å². The minimum absolute atomic E-state index is 0. The molecule has 1 aromatic carbocycles. The topological polar surface area (TPSA) is 72.6 Å². The van der Waals surface area contributed by atoms with Crippen molar-refractivity contribution >= 4 is 5.91 Å². The summed E-state index contributed by atoms with van der Waals surface area (Å²) in [6.07, 6.45) is -1.30. The number of carbonyl (C=O) groups excluding carboxylic acids is 1. The van der Waals surface area contributed by atoms with Crippen LogP contribution in [0.1, 0.15) is 11.5 Å². The van der Waals surface area contributed by atoms with Gasteiger partial charge in [0.05, 0.1) is 7.11 Å². The molecule has 0 spiro atoms. The third-order valence-electron chi connectivity index (χ3n) is 2.12. The van der Waals surface area contributed by atoms with Crippen molar-refractivity contribution in [3.63, 3.8) is 0 Å². The second-order valence-electron chi connectivity index (χ2n) is 3.14. The molecule has 0 heterocycles. The summed E-state index contributed by atoms with van der Waals surface area (Å²) in [5.74, 6) is -0.757. The number of ether oxygens (including phenoxy) is 1. The van der Waals surface area contributed by atoms with Crippen LogP contribution in [0, 0.1) is 13.0 Å². The molecule has 1 aromatic rings. The second kappa shape index (κ2) is 6.66. The zero-order valence-corrected chi connectivity index (χ0v) is 11.8. The maximum Gasteiger partial charge on any atom is 2.00 e. The fourth-order valence-electron chi connectivity index (χ4n) is 1.15. The van der Waals surface area contributed by atoms with Gasteiger partial charge in [0.2, 0.25) is 5.91 Å². The Bertz CT molecular complexity index is 340. The summed E-state index contributed by atoms with van der Waals surface area (Å²) in [5, 5.41) is 9.39. The summed E-state index contributed by atoms with van der Waals surface area (Å²) >= 11 is 0. The van der Waals surface area contributed by atoms with Crippen LogP contribution in [0.25, 0.3) is 0 Å². The Balaban J connectivity index is 0.00000225. The van der Waals surface area contributed by atoms with E-state index >= 15 is 0 Å². The molecule has 2 atom stereocenters. The van der Waals surface area contributed by atoms with E-state index in [2.05, 4.69) is 13.0 Å². The number of benzene rings is 1. The molecule has 4 nitrogen and oxygen atoms in total. The van der Waals surface area contributed by atoms with Crippen molar-refractivity contribution < 1.29 is 35.7 Å². The summed E-state index contributed by atoms with van der Waals surface area (Å²) in [7, 11) is 1.54. The van der Waals surface area contributed by atoms with E-state index in [0.29, 0.717) is 11.3 Å². The summed E-state index contributed by atoms with van der Waals surface area (Å²) in [6.45, 7) is 3.66. The van der Waals surface area contributed by atoms with Crippen LogP contribution in [0.5, 0.6) is 5.75 Å². The van der Waals surface area contributed by atoms with Crippen molar-refractivity contribution in [2.75, 3.05) is 7.11 Å². The number of aliphatic hydroxyl groups excluding tert-OH is 1. The van der Waals surface area contributed by atoms with Crippen LogP contribution < -0.4 is 10.5 Å². The number of hydrogen-bond donors (Lipinski definition) is 2. The Labute approximate surface area is 109 Å². The summed E-state index contributed by atoms with van der Waals surface area (Å²) in [6, 6.07) is 7.87. The van der Waals surface area contributed by atoms with Gasteiger partial charge in [-0.05, 0) is 0 Å². The molecule has 0 fully saturated rings. The SMILES string of the molecule is [CH2-]C(c1[c-]cc(OC)cc1)C(O)C(N)=O.[W+2]. The van der Waals surface area contributed by atoms with E-state index in [9.17, 15) is 9.90 Å². The molecule has 0 bridgehead atoms. The molecular weight excluding hydrogens is 378 g/mol. The van der Waals surface area contributed by atoms with Crippen LogP contribution in [-0.4, -0.2) is 24.2 Å². The average molecular weight is 391 g/mol. The molecule has 5 heteroatoms. The third kappa shape index (κ3) is 3.62. The van der Waals surface area contributed by atoms with Gasteiger partial charge in [0.1, 0.15) is 6.10 Å². The number of primary amides is 1. The smallest absolute Gasteiger partial charge is 0.554 e. The Kier molecular flexibility index (Phi) is 6.30. The molecule has 1 amide bonds. The Morgan fingerprint density at radius 3 is 2.62 bits per heavy atom. The molecule has 16 heavy (non-hydrogen) atoms. The van der Waals surface area contributed by atoms with Crippen LogP contribution in [-0.2, 0) is 25.9 Å². The quantitative estimate of drug-likeness (QED) is 0.724. The zero-order chi connectivity index (χ0) is 11.4. The molecule has 2 unspecified atom stereocenters. The molecule has 0 aliphatic rings. The molecule has 0 aliphatic heterocycles. The minimum atomic E-state index is -1.30. The number of nitrogens with two attached hydrogens (primary N) is 1. The van der Waals surface area contributed by atoms with Gasteiger partial charge in [-0.3, -0.25) is 4.79 Å². The molecule has 1 rings (SSSR count). The number of amides is 1. The first kappa shape index (κ1) is 15.1.